The van der Waals surface area contributed by atoms with Gasteiger partial charge in [-0.3, -0.25) is 4.98 Å². The van der Waals surface area contributed by atoms with E-state index in [2.05, 4.69) is 4.98 Å². The van der Waals surface area contributed by atoms with Gasteiger partial charge in [-0.15, -0.1) is 0 Å². The monoisotopic (exact) mass is 195 g/mol. The molecule has 0 aliphatic carbocycles. The molecule has 0 spiro atoms. The van der Waals surface area contributed by atoms with Crippen LogP contribution in [-0.2, 0) is 0 Å². The molecule has 1 aromatic heterocycles. The van der Waals surface area contributed by atoms with Gasteiger partial charge in [-0.1, -0.05) is 12.1 Å². The Labute approximate surface area is 78.8 Å². The molecule has 0 saturated heterocycles. The van der Waals surface area contributed by atoms with Crippen LogP contribution in [0.2, 0.25) is 0 Å². The summed E-state index contributed by atoms with van der Waals surface area (Å²) in [6, 6.07) is 5.71. The SMILES string of the molecule is Oc1cccc2c(C(F)F)ccnc12. The fourth-order valence-electron chi connectivity index (χ4n) is 1.37. The van der Waals surface area contributed by atoms with Crippen LogP contribution < -0.4 is 0 Å². The number of hydrogen-bond donors (Lipinski definition) is 1. The van der Waals surface area contributed by atoms with E-state index in [-0.39, 0.29) is 16.8 Å². The van der Waals surface area contributed by atoms with Crippen molar-refractivity contribution in [1.82, 2.24) is 4.98 Å². The van der Waals surface area contributed by atoms with Crippen LogP contribution in [0.4, 0.5) is 8.78 Å². The highest BCUT2D eigenvalue weighted by molar-refractivity contribution is 5.87. The van der Waals surface area contributed by atoms with Crippen molar-refractivity contribution < 1.29 is 13.9 Å². The average Bonchev–Trinajstić information content (AvgIpc) is 2.17. The van der Waals surface area contributed by atoms with E-state index < -0.39 is 6.43 Å². The van der Waals surface area contributed by atoms with Gasteiger partial charge in [-0.2, -0.15) is 0 Å². The summed E-state index contributed by atoms with van der Waals surface area (Å²) in [6.45, 7) is 0. The predicted molar refractivity (Wildman–Crippen MR) is 48.4 cm³/mol. The molecule has 0 aliphatic heterocycles. The van der Waals surface area contributed by atoms with E-state index in [4.69, 9.17) is 0 Å². The number of rotatable bonds is 1. The van der Waals surface area contributed by atoms with Crippen LogP contribution in [-0.4, -0.2) is 10.1 Å². The molecule has 0 bridgehead atoms. The summed E-state index contributed by atoms with van der Waals surface area (Å²) < 4.78 is 25.0. The second-order valence-corrected chi connectivity index (χ2v) is 2.87. The molecule has 0 fully saturated rings. The molecule has 0 aliphatic rings. The first-order valence-electron chi connectivity index (χ1n) is 4.05. The van der Waals surface area contributed by atoms with Gasteiger partial charge >= 0.3 is 0 Å². The molecule has 72 valence electrons. The minimum atomic E-state index is -2.55. The van der Waals surface area contributed by atoms with Crippen molar-refractivity contribution in [2.24, 2.45) is 0 Å². The maximum Gasteiger partial charge on any atom is 0.264 e. The molecule has 2 nitrogen and oxygen atoms in total. The molecule has 4 heteroatoms. The number of halogens is 2. The first kappa shape index (κ1) is 8.87. The molecule has 1 N–H and O–H groups in total. The number of phenolic OH excluding ortho intramolecular Hbond substituents is 1. The van der Waals surface area contributed by atoms with Crippen LogP contribution in [0.3, 0.4) is 0 Å². The lowest BCUT2D eigenvalue weighted by Crippen LogP contribution is -1.88. The van der Waals surface area contributed by atoms with E-state index >= 15 is 0 Å². The van der Waals surface area contributed by atoms with Crippen LogP contribution in [0.15, 0.2) is 30.5 Å². The third-order valence-electron chi connectivity index (χ3n) is 2.02. The number of alkyl halides is 2. The van der Waals surface area contributed by atoms with Crippen molar-refractivity contribution in [2.45, 2.75) is 6.43 Å². The number of aromatic hydroxyl groups is 1. The number of nitrogens with zero attached hydrogens (tertiary/aromatic N) is 1. The number of para-hydroxylation sites is 1. The van der Waals surface area contributed by atoms with Gasteiger partial charge < -0.3 is 5.11 Å². The fourth-order valence-corrected chi connectivity index (χ4v) is 1.37. The molecule has 0 atom stereocenters. The molecule has 2 rings (SSSR count). The number of phenols is 1. The molecule has 1 aromatic carbocycles. The number of fused-ring (bicyclic) bond motifs is 1. The van der Waals surface area contributed by atoms with Crippen LogP contribution in [0.1, 0.15) is 12.0 Å². The first-order chi connectivity index (χ1) is 6.70. The number of hydrogen-bond acceptors (Lipinski definition) is 2. The maximum atomic E-state index is 12.5. The van der Waals surface area contributed by atoms with Crippen molar-refractivity contribution >= 4 is 10.9 Å². The fraction of sp³-hybridized carbons (Fsp3) is 0.100. The topological polar surface area (TPSA) is 33.1 Å². The smallest absolute Gasteiger partial charge is 0.264 e. The first-order valence-corrected chi connectivity index (χ1v) is 4.05. The zero-order chi connectivity index (χ0) is 10.1. The molecular formula is C10H7F2NO. The minimum absolute atomic E-state index is 0.0787. The molecular weight excluding hydrogens is 188 g/mol. The summed E-state index contributed by atoms with van der Waals surface area (Å²) in [5.41, 5.74) is 0.108. The summed E-state index contributed by atoms with van der Waals surface area (Å²) >= 11 is 0. The van der Waals surface area contributed by atoms with Crippen molar-refractivity contribution in [3.8, 4) is 5.75 Å². The summed E-state index contributed by atoms with van der Waals surface area (Å²) in [5, 5.41) is 9.66. The summed E-state index contributed by atoms with van der Waals surface area (Å²) in [6.07, 6.45) is -1.29. The van der Waals surface area contributed by atoms with Gasteiger partial charge in [0.1, 0.15) is 11.3 Å². The number of benzene rings is 1. The lowest BCUT2D eigenvalue weighted by Gasteiger charge is -2.05. The van der Waals surface area contributed by atoms with Gasteiger partial charge in [-0.25, -0.2) is 8.78 Å². The van der Waals surface area contributed by atoms with E-state index in [0.717, 1.165) is 0 Å². The molecule has 0 amide bonds. The van der Waals surface area contributed by atoms with E-state index in [1.165, 1.54) is 30.5 Å². The predicted octanol–water partition coefficient (Wildman–Crippen LogP) is 2.88. The van der Waals surface area contributed by atoms with E-state index in [0.29, 0.717) is 5.39 Å². The van der Waals surface area contributed by atoms with Crippen molar-refractivity contribution in [2.75, 3.05) is 0 Å². The van der Waals surface area contributed by atoms with Gasteiger partial charge in [0.25, 0.3) is 6.43 Å². The average molecular weight is 195 g/mol. The van der Waals surface area contributed by atoms with Crippen molar-refractivity contribution in [1.29, 1.82) is 0 Å². The highest BCUT2D eigenvalue weighted by Crippen LogP contribution is 2.30. The standard InChI is InChI=1S/C10H7F2NO/c11-10(12)7-4-5-13-9-6(7)2-1-3-8(9)14/h1-5,10,14H. The largest absolute Gasteiger partial charge is 0.506 e. The number of aromatic nitrogens is 1. The molecule has 1 heterocycles. The Balaban J connectivity index is 2.81. The quantitative estimate of drug-likeness (QED) is 0.758. The molecule has 0 radical (unpaired) electrons. The molecule has 2 aromatic rings. The Morgan fingerprint density at radius 3 is 2.71 bits per heavy atom. The van der Waals surface area contributed by atoms with Gasteiger partial charge in [0.15, 0.2) is 0 Å². The van der Waals surface area contributed by atoms with E-state index in [1.807, 2.05) is 0 Å². The Hall–Kier alpha value is -1.71. The van der Waals surface area contributed by atoms with Crippen molar-refractivity contribution in [3.05, 3.63) is 36.0 Å². The van der Waals surface area contributed by atoms with Crippen LogP contribution in [0.25, 0.3) is 10.9 Å². The molecule has 0 saturated carbocycles. The van der Waals surface area contributed by atoms with Crippen LogP contribution in [0, 0.1) is 0 Å². The molecule has 0 unspecified atom stereocenters. The highest BCUT2D eigenvalue weighted by atomic mass is 19.3. The lowest BCUT2D eigenvalue weighted by molar-refractivity contribution is 0.153. The second-order valence-electron chi connectivity index (χ2n) is 2.87. The minimum Gasteiger partial charge on any atom is -0.506 e. The van der Waals surface area contributed by atoms with Gasteiger partial charge in [0.05, 0.1) is 0 Å². The van der Waals surface area contributed by atoms with Gasteiger partial charge in [-0.05, 0) is 12.1 Å². The highest BCUT2D eigenvalue weighted by Gasteiger charge is 2.12. The Kier molecular flexibility index (Phi) is 2.04. The number of pyridine rings is 1. The Bertz CT molecular complexity index is 471. The Morgan fingerprint density at radius 2 is 2.00 bits per heavy atom. The molecule has 14 heavy (non-hydrogen) atoms. The van der Waals surface area contributed by atoms with E-state index in [1.54, 1.807) is 0 Å². The zero-order valence-electron chi connectivity index (χ0n) is 7.11. The summed E-state index contributed by atoms with van der Waals surface area (Å²) in [4.78, 5) is 3.84. The van der Waals surface area contributed by atoms with Gasteiger partial charge in [0.2, 0.25) is 0 Å². The van der Waals surface area contributed by atoms with E-state index in [9.17, 15) is 13.9 Å². The Morgan fingerprint density at radius 1 is 1.21 bits per heavy atom. The second kappa shape index (κ2) is 3.21. The normalized spacial score (nSPS) is 11.1. The van der Waals surface area contributed by atoms with Crippen LogP contribution in [0.5, 0.6) is 5.75 Å². The maximum absolute atomic E-state index is 12.5. The lowest BCUT2D eigenvalue weighted by atomic mass is 10.1. The summed E-state index contributed by atoms with van der Waals surface area (Å²) in [5.74, 6) is -0.0787. The van der Waals surface area contributed by atoms with Gasteiger partial charge in [0, 0.05) is 17.1 Å². The zero-order valence-corrected chi connectivity index (χ0v) is 7.11. The van der Waals surface area contributed by atoms with Crippen LogP contribution >= 0.6 is 0 Å². The van der Waals surface area contributed by atoms with Crippen molar-refractivity contribution in [3.63, 3.8) is 0 Å². The summed E-state index contributed by atoms with van der Waals surface area (Å²) in [7, 11) is 0. The third-order valence-corrected chi connectivity index (χ3v) is 2.02. The third kappa shape index (κ3) is 1.28.